The molecule has 0 heterocycles. The summed E-state index contributed by atoms with van der Waals surface area (Å²) in [6.07, 6.45) is 6.40. The molecule has 0 fully saturated rings. The van der Waals surface area contributed by atoms with E-state index in [0.29, 0.717) is 23.6 Å². The van der Waals surface area contributed by atoms with Gasteiger partial charge in [-0.2, -0.15) is 0 Å². The fourth-order valence-corrected chi connectivity index (χ4v) is 5.82. The van der Waals surface area contributed by atoms with Crippen LogP contribution in [0.15, 0.2) is 77.7 Å². The van der Waals surface area contributed by atoms with Crippen LogP contribution < -0.4 is 14.2 Å². The quantitative estimate of drug-likeness (QED) is 0.108. The second-order valence-electron chi connectivity index (χ2n) is 9.46. The highest BCUT2D eigenvalue weighted by Gasteiger charge is 2.26. The van der Waals surface area contributed by atoms with Crippen LogP contribution in [0.3, 0.4) is 0 Å². The Morgan fingerprint density at radius 2 is 1.21 bits per heavy atom. The van der Waals surface area contributed by atoms with Gasteiger partial charge in [-0.15, -0.1) is 0 Å². The van der Waals surface area contributed by atoms with Crippen LogP contribution in [0.1, 0.15) is 81.9 Å². The van der Waals surface area contributed by atoms with Crippen molar-refractivity contribution in [3.8, 4) is 11.5 Å². The summed E-state index contributed by atoms with van der Waals surface area (Å²) in [5.41, 5.74) is 2.22. The van der Waals surface area contributed by atoms with Crippen LogP contribution in [0.5, 0.6) is 11.5 Å². The molecule has 0 aliphatic heterocycles. The van der Waals surface area contributed by atoms with Crippen molar-refractivity contribution < 1.29 is 27.5 Å². The van der Waals surface area contributed by atoms with E-state index in [0.717, 1.165) is 30.4 Å². The molecule has 0 aromatic heterocycles. The van der Waals surface area contributed by atoms with Crippen LogP contribution in [0.25, 0.3) is 0 Å². The van der Waals surface area contributed by atoms with Crippen LogP contribution in [0.2, 0.25) is 0 Å². The van der Waals surface area contributed by atoms with Gasteiger partial charge in [-0.1, -0.05) is 81.5 Å². The van der Waals surface area contributed by atoms with Gasteiger partial charge in [-0.05, 0) is 53.4 Å². The summed E-state index contributed by atoms with van der Waals surface area (Å²) >= 11 is 0. The molecular weight excluding hydrogens is 514 g/mol. The standard InChI is InChI=1S/C31H37NO6S/c1-4-5-6-7-8-11-22-32-39(35,36)30-13-10-9-12-29(30)31(25-14-18-27(19-15-25)37-23(2)33)26-16-20-28(21-17-26)38-24(3)34/h9-10,12-21,31-32H,4-8,11,22H2,1-3H3. The molecule has 0 unspecified atom stereocenters. The van der Waals surface area contributed by atoms with Crippen LogP contribution in [0.4, 0.5) is 0 Å². The lowest BCUT2D eigenvalue weighted by Crippen LogP contribution is -2.26. The van der Waals surface area contributed by atoms with Gasteiger partial charge in [-0.3, -0.25) is 9.59 Å². The van der Waals surface area contributed by atoms with Gasteiger partial charge in [0, 0.05) is 26.3 Å². The number of hydrogen-bond acceptors (Lipinski definition) is 6. The third kappa shape index (κ3) is 9.04. The smallest absolute Gasteiger partial charge is 0.308 e. The molecule has 0 saturated heterocycles. The number of nitrogens with one attached hydrogen (secondary N) is 1. The predicted molar refractivity (Wildman–Crippen MR) is 151 cm³/mol. The van der Waals surface area contributed by atoms with Gasteiger partial charge in [0.25, 0.3) is 0 Å². The Hall–Kier alpha value is -3.49. The molecule has 1 N–H and O–H groups in total. The topological polar surface area (TPSA) is 98.8 Å². The fraction of sp³-hybridized carbons (Fsp3) is 0.355. The molecule has 3 aromatic carbocycles. The van der Waals surface area contributed by atoms with Crippen molar-refractivity contribution in [1.82, 2.24) is 4.72 Å². The minimum Gasteiger partial charge on any atom is -0.427 e. The number of ether oxygens (including phenoxy) is 2. The molecule has 8 heteroatoms. The Kier molecular flexibility index (Phi) is 11.3. The first-order valence-electron chi connectivity index (χ1n) is 13.4. The lowest BCUT2D eigenvalue weighted by Gasteiger charge is -2.22. The van der Waals surface area contributed by atoms with Crippen LogP contribution >= 0.6 is 0 Å². The van der Waals surface area contributed by atoms with Crippen molar-refractivity contribution in [1.29, 1.82) is 0 Å². The van der Waals surface area contributed by atoms with E-state index in [4.69, 9.17) is 9.47 Å². The molecule has 0 bridgehead atoms. The number of sulfonamides is 1. The Labute approximate surface area is 231 Å². The largest absolute Gasteiger partial charge is 0.427 e. The number of carbonyl (C=O) groups is 2. The van der Waals surface area contributed by atoms with E-state index in [2.05, 4.69) is 11.6 Å². The Morgan fingerprint density at radius 1 is 0.718 bits per heavy atom. The summed E-state index contributed by atoms with van der Waals surface area (Å²) in [4.78, 5) is 23.0. The maximum atomic E-state index is 13.5. The Bertz CT molecular complexity index is 1270. The second-order valence-corrected chi connectivity index (χ2v) is 11.2. The van der Waals surface area contributed by atoms with E-state index < -0.39 is 27.9 Å². The molecule has 0 amide bonds. The molecule has 39 heavy (non-hydrogen) atoms. The normalized spacial score (nSPS) is 11.4. The number of esters is 2. The fourth-order valence-electron chi connectivity index (χ4n) is 4.49. The predicted octanol–water partition coefficient (Wildman–Crippen LogP) is 6.36. The zero-order valence-corrected chi connectivity index (χ0v) is 23.6. The SMILES string of the molecule is CCCCCCCCNS(=O)(=O)c1ccccc1C(c1ccc(OC(C)=O)cc1)c1ccc(OC(C)=O)cc1. The molecule has 3 rings (SSSR count). The third-order valence-corrected chi connectivity index (χ3v) is 7.83. The van der Waals surface area contributed by atoms with Gasteiger partial charge in [0.1, 0.15) is 11.5 Å². The van der Waals surface area contributed by atoms with Crippen LogP contribution in [0, 0.1) is 0 Å². The summed E-state index contributed by atoms with van der Waals surface area (Å²) in [6, 6.07) is 21.0. The van der Waals surface area contributed by atoms with Gasteiger partial charge in [-0.25, -0.2) is 13.1 Å². The van der Waals surface area contributed by atoms with Gasteiger partial charge >= 0.3 is 11.9 Å². The molecule has 0 radical (unpaired) electrons. The first kappa shape index (κ1) is 30.1. The summed E-state index contributed by atoms with van der Waals surface area (Å²) in [6.45, 7) is 5.21. The van der Waals surface area contributed by atoms with E-state index in [1.54, 1.807) is 36.4 Å². The van der Waals surface area contributed by atoms with E-state index in [9.17, 15) is 18.0 Å². The number of unbranched alkanes of at least 4 members (excludes halogenated alkanes) is 5. The highest BCUT2D eigenvalue weighted by Crippen LogP contribution is 2.37. The molecule has 0 aliphatic carbocycles. The van der Waals surface area contributed by atoms with E-state index in [1.165, 1.54) is 33.1 Å². The second kappa shape index (κ2) is 14.6. The Morgan fingerprint density at radius 3 is 1.72 bits per heavy atom. The average Bonchev–Trinajstić information content (AvgIpc) is 2.90. The zero-order valence-electron chi connectivity index (χ0n) is 22.8. The maximum Gasteiger partial charge on any atom is 0.308 e. The minimum atomic E-state index is -3.79. The summed E-state index contributed by atoms with van der Waals surface area (Å²) in [5.74, 6) is -0.500. The molecule has 208 valence electrons. The molecule has 7 nitrogen and oxygen atoms in total. The van der Waals surface area contributed by atoms with Crippen molar-refractivity contribution >= 4 is 22.0 Å². The number of benzene rings is 3. The van der Waals surface area contributed by atoms with Gasteiger partial charge < -0.3 is 9.47 Å². The van der Waals surface area contributed by atoms with Gasteiger partial charge in [0.15, 0.2) is 0 Å². The van der Waals surface area contributed by atoms with E-state index >= 15 is 0 Å². The third-order valence-electron chi connectivity index (χ3n) is 6.29. The zero-order chi connectivity index (χ0) is 28.3. The maximum absolute atomic E-state index is 13.5. The van der Waals surface area contributed by atoms with E-state index in [1.807, 2.05) is 36.4 Å². The monoisotopic (exact) mass is 551 g/mol. The lowest BCUT2D eigenvalue weighted by atomic mass is 9.85. The van der Waals surface area contributed by atoms with Gasteiger partial charge in [0.05, 0.1) is 4.90 Å². The molecular formula is C31H37NO6S. The van der Waals surface area contributed by atoms with Crippen molar-refractivity contribution in [2.45, 2.75) is 70.1 Å². The number of carbonyl (C=O) groups excluding carboxylic acids is 2. The summed E-state index contributed by atoms with van der Waals surface area (Å²) in [7, 11) is -3.79. The summed E-state index contributed by atoms with van der Waals surface area (Å²) < 4.78 is 40.1. The first-order chi connectivity index (χ1) is 18.7. The van der Waals surface area contributed by atoms with Crippen LogP contribution in [-0.2, 0) is 19.6 Å². The summed E-state index contributed by atoms with van der Waals surface area (Å²) in [5, 5.41) is 0. The molecule has 0 aliphatic rings. The average molecular weight is 552 g/mol. The molecule has 0 saturated carbocycles. The first-order valence-corrected chi connectivity index (χ1v) is 14.8. The molecule has 0 atom stereocenters. The lowest BCUT2D eigenvalue weighted by molar-refractivity contribution is -0.132. The molecule has 3 aromatic rings. The highest BCUT2D eigenvalue weighted by molar-refractivity contribution is 7.89. The van der Waals surface area contributed by atoms with Gasteiger partial charge in [0.2, 0.25) is 10.0 Å². The Balaban J connectivity index is 1.95. The highest BCUT2D eigenvalue weighted by atomic mass is 32.2. The number of rotatable bonds is 14. The number of hydrogen-bond donors (Lipinski definition) is 1. The van der Waals surface area contributed by atoms with Crippen LogP contribution in [-0.4, -0.2) is 26.9 Å². The van der Waals surface area contributed by atoms with E-state index in [-0.39, 0.29) is 4.90 Å². The van der Waals surface area contributed by atoms with Crippen molar-refractivity contribution in [3.05, 3.63) is 89.5 Å². The van der Waals surface area contributed by atoms with Crippen molar-refractivity contribution in [2.75, 3.05) is 6.54 Å². The molecule has 0 spiro atoms. The minimum absolute atomic E-state index is 0.203. The van der Waals surface area contributed by atoms with Crippen molar-refractivity contribution in [2.24, 2.45) is 0 Å². The van der Waals surface area contributed by atoms with Crippen molar-refractivity contribution in [3.63, 3.8) is 0 Å².